The van der Waals surface area contributed by atoms with Crippen LogP contribution in [0.4, 0.5) is 19.3 Å². The fourth-order valence-corrected chi connectivity index (χ4v) is 3.66. The van der Waals surface area contributed by atoms with Gasteiger partial charge in [0.25, 0.3) is 0 Å². The first-order chi connectivity index (χ1) is 14.9. The van der Waals surface area contributed by atoms with Gasteiger partial charge < -0.3 is 20.3 Å². The summed E-state index contributed by atoms with van der Waals surface area (Å²) in [5.41, 5.74) is 0.862. The Labute approximate surface area is 180 Å². The SMILES string of the molecule is COc1cccc(CC(=O)NCCC2CCN(C(=O)Nc3ccc(F)cc3F)CC2)c1. The van der Waals surface area contributed by atoms with Crippen LogP contribution in [0.3, 0.4) is 0 Å². The number of methoxy groups -OCH3 is 1. The number of benzene rings is 2. The molecule has 1 aliphatic heterocycles. The van der Waals surface area contributed by atoms with Crippen molar-refractivity contribution in [1.29, 1.82) is 0 Å². The van der Waals surface area contributed by atoms with Gasteiger partial charge >= 0.3 is 6.03 Å². The third kappa shape index (κ3) is 6.67. The molecule has 0 bridgehead atoms. The van der Waals surface area contributed by atoms with E-state index in [0.29, 0.717) is 32.0 Å². The molecule has 3 amide bonds. The summed E-state index contributed by atoms with van der Waals surface area (Å²) in [5, 5.41) is 5.44. The molecule has 0 radical (unpaired) electrons. The number of halogens is 2. The lowest BCUT2D eigenvalue weighted by atomic mass is 9.93. The number of likely N-dealkylation sites (tertiary alicyclic amines) is 1. The van der Waals surface area contributed by atoms with Gasteiger partial charge in [-0.05, 0) is 55.0 Å². The van der Waals surface area contributed by atoms with Crippen LogP contribution in [0.1, 0.15) is 24.8 Å². The zero-order valence-electron chi connectivity index (χ0n) is 17.5. The number of carbonyl (C=O) groups excluding carboxylic acids is 2. The van der Waals surface area contributed by atoms with Gasteiger partial charge in [-0.3, -0.25) is 4.79 Å². The summed E-state index contributed by atoms with van der Waals surface area (Å²) in [6.07, 6.45) is 2.76. The van der Waals surface area contributed by atoms with Crippen LogP contribution in [-0.4, -0.2) is 43.6 Å². The van der Waals surface area contributed by atoms with Gasteiger partial charge in [0.1, 0.15) is 17.4 Å². The minimum absolute atomic E-state index is 0.0349. The second kappa shape index (κ2) is 10.7. The predicted octanol–water partition coefficient (Wildman–Crippen LogP) is 3.97. The maximum Gasteiger partial charge on any atom is 0.321 e. The van der Waals surface area contributed by atoms with Crippen LogP contribution >= 0.6 is 0 Å². The number of piperidine rings is 1. The van der Waals surface area contributed by atoms with Crippen LogP contribution in [0.15, 0.2) is 42.5 Å². The van der Waals surface area contributed by atoms with Gasteiger partial charge in [0.2, 0.25) is 5.91 Å². The van der Waals surface area contributed by atoms with Crippen molar-refractivity contribution in [3.8, 4) is 5.75 Å². The Morgan fingerprint density at radius 2 is 1.90 bits per heavy atom. The Morgan fingerprint density at radius 3 is 2.61 bits per heavy atom. The van der Waals surface area contributed by atoms with Crippen molar-refractivity contribution in [3.05, 3.63) is 59.7 Å². The van der Waals surface area contributed by atoms with Crippen LogP contribution in [-0.2, 0) is 11.2 Å². The van der Waals surface area contributed by atoms with Crippen molar-refractivity contribution in [2.45, 2.75) is 25.7 Å². The highest BCUT2D eigenvalue weighted by molar-refractivity contribution is 5.89. The normalized spacial score (nSPS) is 14.2. The fraction of sp³-hybridized carbons (Fsp3) is 0.391. The van der Waals surface area contributed by atoms with Gasteiger partial charge in [0.05, 0.1) is 19.2 Å². The molecule has 1 aliphatic rings. The number of anilines is 1. The summed E-state index contributed by atoms with van der Waals surface area (Å²) in [7, 11) is 1.59. The van der Waals surface area contributed by atoms with E-state index < -0.39 is 17.7 Å². The number of hydrogen-bond acceptors (Lipinski definition) is 3. The first-order valence-corrected chi connectivity index (χ1v) is 10.3. The zero-order chi connectivity index (χ0) is 22.2. The highest BCUT2D eigenvalue weighted by Crippen LogP contribution is 2.22. The second-order valence-corrected chi connectivity index (χ2v) is 7.65. The van der Waals surface area contributed by atoms with Crippen molar-refractivity contribution >= 4 is 17.6 Å². The number of hydrogen-bond donors (Lipinski definition) is 2. The molecule has 3 rings (SSSR count). The molecule has 2 aromatic rings. The van der Waals surface area contributed by atoms with Crippen LogP contribution in [0.2, 0.25) is 0 Å². The lowest BCUT2D eigenvalue weighted by Crippen LogP contribution is -2.41. The van der Waals surface area contributed by atoms with Crippen LogP contribution < -0.4 is 15.4 Å². The molecule has 8 heteroatoms. The van der Waals surface area contributed by atoms with Gasteiger partial charge in [0.15, 0.2) is 0 Å². The summed E-state index contributed by atoms with van der Waals surface area (Å²) >= 11 is 0. The molecule has 0 unspecified atom stereocenters. The number of rotatable bonds is 7. The van der Waals surface area contributed by atoms with Gasteiger partial charge in [-0.2, -0.15) is 0 Å². The Bertz CT molecular complexity index is 915. The Morgan fingerprint density at radius 1 is 1.13 bits per heavy atom. The minimum Gasteiger partial charge on any atom is -0.497 e. The Kier molecular flexibility index (Phi) is 7.81. The van der Waals surface area contributed by atoms with Gasteiger partial charge in [-0.15, -0.1) is 0 Å². The molecule has 2 N–H and O–H groups in total. The van der Waals surface area contributed by atoms with E-state index in [2.05, 4.69) is 10.6 Å². The topological polar surface area (TPSA) is 70.7 Å². The molecule has 166 valence electrons. The monoisotopic (exact) mass is 431 g/mol. The molecule has 31 heavy (non-hydrogen) atoms. The zero-order valence-corrected chi connectivity index (χ0v) is 17.5. The standard InChI is InChI=1S/C23H27F2N3O3/c1-31-19-4-2-3-17(13-19)14-22(29)26-10-7-16-8-11-28(12-9-16)23(30)27-21-6-5-18(24)15-20(21)25/h2-6,13,15-16H,7-12,14H2,1H3,(H,26,29)(H,27,30). The first kappa shape index (κ1) is 22.5. The van der Waals surface area contributed by atoms with E-state index in [1.54, 1.807) is 12.0 Å². The number of carbonyl (C=O) groups is 2. The van der Waals surface area contributed by atoms with E-state index in [9.17, 15) is 18.4 Å². The van der Waals surface area contributed by atoms with Crippen molar-refractivity contribution in [2.75, 3.05) is 32.1 Å². The molecule has 0 aromatic heterocycles. The molecular formula is C23H27F2N3O3. The van der Waals surface area contributed by atoms with E-state index in [1.165, 1.54) is 6.07 Å². The van der Waals surface area contributed by atoms with E-state index in [1.807, 2.05) is 24.3 Å². The molecular weight excluding hydrogens is 404 g/mol. The second-order valence-electron chi connectivity index (χ2n) is 7.65. The molecule has 6 nitrogen and oxygen atoms in total. The lowest BCUT2D eigenvalue weighted by Gasteiger charge is -2.32. The molecule has 1 saturated heterocycles. The van der Waals surface area contributed by atoms with Crippen molar-refractivity contribution in [1.82, 2.24) is 10.2 Å². The number of ether oxygens (including phenoxy) is 1. The summed E-state index contributed by atoms with van der Waals surface area (Å²) in [4.78, 5) is 26.1. The summed E-state index contributed by atoms with van der Waals surface area (Å²) < 4.78 is 31.9. The molecule has 2 aromatic carbocycles. The molecule has 0 aliphatic carbocycles. The smallest absolute Gasteiger partial charge is 0.321 e. The first-order valence-electron chi connectivity index (χ1n) is 10.3. The van der Waals surface area contributed by atoms with Crippen molar-refractivity contribution < 1.29 is 23.1 Å². The minimum atomic E-state index is -0.798. The van der Waals surface area contributed by atoms with E-state index in [0.717, 1.165) is 42.7 Å². The van der Waals surface area contributed by atoms with Crippen LogP contribution in [0, 0.1) is 17.6 Å². The van der Waals surface area contributed by atoms with E-state index in [-0.39, 0.29) is 11.6 Å². The molecule has 1 fully saturated rings. The van der Waals surface area contributed by atoms with Crippen molar-refractivity contribution in [2.24, 2.45) is 5.92 Å². The number of urea groups is 1. The van der Waals surface area contributed by atoms with E-state index >= 15 is 0 Å². The highest BCUT2D eigenvalue weighted by Gasteiger charge is 2.23. The summed E-state index contributed by atoms with van der Waals surface area (Å²) in [5.74, 6) is -0.391. The summed E-state index contributed by atoms with van der Waals surface area (Å²) in [6.45, 7) is 1.69. The highest BCUT2D eigenvalue weighted by atomic mass is 19.1. The maximum atomic E-state index is 13.7. The average molecular weight is 431 g/mol. The summed E-state index contributed by atoms with van der Waals surface area (Å²) in [6, 6.07) is 10.1. The number of amides is 3. The van der Waals surface area contributed by atoms with Gasteiger partial charge in [-0.1, -0.05) is 12.1 Å². The van der Waals surface area contributed by atoms with Crippen LogP contribution in [0.25, 0.3) is 0 Å². The number of nitrogens with zero attached hydrogens (tertiary/aromatic N) is 1. The van der Waals surface area contributed by atoms with Crippen molar-refractivity contribution in [3.63, 3.8) is 0 Å². The van der Waals surface area contributed by atoms with Crippen LogP contribution in [0.5, 0.6) is 5.75 Å². The largest absolute Gasteiger partial charge is 0.497 e. The molecule has 1 heterocycles. The maximum absolute atomic E-state index is 13.7. The number of nitrogens with one attached hydrogen (secondary N) is 2. The third-order valence-electron chi connectivity index (χ3n) is 5.45. The quantitative estimate of drug-likeness (QED) is 0.697. The van der Waals surface area contributed by atoms with Gasteiger partial charge in [-0.25, -0.2) is 13.6 Å². The fourth-order valence-electron chi connectivity index (χ4n) is 3.66. The Hall–Kier alpha value is -3.16. The van der Waals surface area contributed by atoms with Gasteiger partial charge in [0, 0.05) is 25.7 Å². The van der Waals surface area contributed by atoms with E-state index in [4.69, 9.17) is 4.74 Å². The molecule has 0 spiro atoms. The molecule has 0 saturated carbocycles. The predicted molar refractivity (Wildman–Crippen MR) is 114 cm³/mol. The average Bonchev–Trinajstić information content (AvgIpc) is 2.76. The Balaban J connectivity index is 1.36. The molecule has 0 atom stereocenters. The third-order valence-corrected chi connectivity index (χ3v) is 5.45. The lowest BCUT2D eigenvalue weighted by molar-refractivity contribution is -0.120.